The fourth-order valence-electron chi connectivity index (χ4n) is 3.74. The van der Waals surface area contributed by atoms with Crippen LogP contribution in [0.4, 0.5) is 10.5 Å². The lowest BCUT2D eigenvalue weighted by atomic mass is 10.0. The lowest BCUT2D eigenvalue weighted by Gasteiger charge is -2.28. The third-order valence-corrected chi connectivity index (χ3v) is 5.43. The van der Waals surface area contributed by atoms with E-state index >= 15 is 0 Å². The van der Waals surface area contributed by atoms with Crippen LogP contribution in [-0.2, 0) is 32.3 Å². The van der Waals surface area contributed by atoms with E-state index in [4.69, 9.17) is 0 Å². The van der Waals surface area contributed by atoms with E-state index in [1.54, 1.807) is 18.2 Å². The number of urea groups is 1. The highest BCUT2D eigenvalue weighted by atomic mass is 16.2. The van der Waals surface area contributed by atoms with E-state index < -0.39 is 29.7 Å². The molecule has 0 saturated carbocycles. The number of benzene rings is 2. The van der Waals surface area contributed by atoms with Crippen molar-refractivity contribution in [3.63, 3.8) is 0 Å². The molecular weight excluding hydrogens is 438 g/mol. The zero-order valence-corrected chi connectivity index (χ0v) is 18.2. The Morgan fingerprint density at radius 2 is 1.65 bits per heavy atom. The highest BCUT2D eigenvalue weighted by Gasteiger charge is 2.42. The van der Waals surface area contributed by atoms with Crippen molar-refractivity contribution >= 4 is 35.3 Å². The van der Waals surface area contributed by atoms with Crippen molar-refractivity contribution in [2.24, 2.45) is 0 Å². The average Bonchev–Trinajstić information content (AvgIpc) is 3.10. The first kappa shape index (κ1) is 22.7. The SMILES string of the molecule is O=C1CCC(N2C(=O)C=C(Nc3cccc(CNC(=O)NCc4ccccc4)c3)C2=O)C(=O)N1. The molecule has 2 aliphatic rings. The molecule has 4 rings (SSSR count). The average molecular weight is 461 g/mol. The van der Waals surface area contributed by atoms with Gasteiger partial charge in [-0.2, -0.15) is 0 Å². The number of imide groups is 2. The highest BCUT2D eigenvalue weighted by Crippen LogP contribution is 2.23. The minimum Gasteiger partial charge on any atom is -0.351 e. The number of amides is 6. The number of carbonyl (C=O) groups excluding carboxylic acids is 5. The number of carbonyl (C=O) groups is 5. The van der Waals surface area contributed by atoms with Crippen LogP contribution in [0, 0.1) is 0 Å². The molecule has 1 atom stereocenters. The number of anilines is 1. The van der Waals surface area contributed by atoms with Gasteiger partial charge >= 0.3 is 6.03 Å². The Morgan fingerprint density at radius 3 is 2.38 bits per heavy atom. The van der Waals surface area contributed by atoms with Gasteiger partial charge in [-0.05, 0) is 29.7 Å². The van der Waals surface area contributed by atoms with E-state index in [0.29, 0.717) is 12.2 Å². The maximum atomic E-state index is 12.8. The smallest absolute Gasteiger partial charge is 0.315 e. The Kier molecular flexibility index (Phi) is 6.67. The van der Waals surface area contributed by atoms with Gasteiger partial charge in [0.25, 0.3) is 11.8 Å². The Morgan fingerprint density at radius 1 is 0.941 bits per heavy atom. The lowest BCUT2D eigenvalue weighted by molar-refractivity contribution is -0.149. The number of rotatable bonds is 7. The van der Waals surface area contributed by atoms with Crippen LogP contribution in [0.3, 0.4) is 0 Å². The third-order valence-electron chi connectivity index (χ3n) is 5.43. The van der Waals surface area contributed by atoms with Crippen LogP contribution in [0.25, 0.3) is 0 Å². The fraction of sp³-hybridized carbons (Fsp3) is 0.208. The van der Waals surface area contributed by atoms with Gasteiger partial charge < -0.3 is 16.0 Å². The first-order chi connectivity index (χ1) is 16.4. The molecule has 10 nitrogen and oxygen atoms in total. The molecule has 0 spiro atoms. The first-order valence-corrected chi connectivity index (χ1v) is 10.8. The van der Waals surface area contributed by atoms with Gasteiger partial charge in [-0.3, -0.25) is 29.4 Å². The number of nitrogens with zero attached hydrogens (tertiary/aromatic N) is 1. The normalized spacial score (nSPS) is 17.8. The summed E-state index contributed by atoms with van der Waals surface area (Å²) in [5, 5.41) is 10.6. The van der Waals surface area contributed by atoms with Crippen molar-refractivity contribution in [2.75, 3.05) is 5.32 Å². The first-order valence-electron chi connectivity index (χ1n) is 10.8. The summed E-state index contributed by atoms with van der Waals surface area (Å²) >= 11 is 0. The van der Waals surface area contributed by atoms with Gasteiger partial charge in [0.05, 0.1) is 0 Å². The predicted octanol–water partition coefficient (Wildman–Crippen LogP) is 1.16. The van der Waals surface area contributed by atoms with E-state index in [0.717, 1.165) is 22.1 Å². The summed E-state index contributed by atoms with van der Waals surface area (Å²) in [6, 6.07) is 15.2. The molecule has 0 aliphatic carbocycles. The molecule has 0 bridgehead atoms. The van der Waals surface area contributed by atoms with Gasteiger partial charge in [-0.1, -0.05) is 42.5 Å². The summed E-state index contributed by atoms with van der Waals surface area (Å²) < 4.78 is 0. The quantitative estimate of drug-likeness (QED) is 0.457. The molecule has 2 heterocycles. The van der Waals surface area contributed by atoms with Gasteiger partial charge in [0, 0.05) is 31.3 Å². The lowest BCUT2D eigenvalue weighted by Crippen LogP contribution is -2.54. The summed E-state index contributed by atoms with van der Waals surface area (Å²) in [7, 11) is 0. The van der Waals surface area contributed by atoms with Crippen LogP contribution in [0.5, 0.6) is 0 Å². The molecule has 2 aromatic rings. The second kappa shape index (κ2) is 9.99. The van der Waals surface area contributed by atoms with Crippen LogP contribution in [0.15, 0.2) is 66.4 Å². The molecule has 0 radical (unpaired) electrons. The molecule has 10 heteroatoms. The van der Waals surface area contributed by atoms with E-state index in [1.165, 1.54) is 0 Å². The standard InChI is InChI=1S/C24H23N5O5/c30-20-10-9-19(22(32)28-20)29-21(31)12-18(23(29)33)27-17-8-4-7-16(11-17)14-26-24(34)25-13-15-5-2-1-3-6-15/h1-8,11-12,19,27H,9-10,13-14H2,(H2,25,26,34)(H,28,30,32). The Balaban J connectivity index is 1.32. The second-order valence-electron chi connectivity index (χ2n) is 7.89. The fourth-order valence-corrected chi connectivity index (χ4v) is 3.74. The van der Waals surface area contributed by atoms with Crippen molar-refractivity contribution in [3.8, 4) is 0 Å². The largest absolute Gasteiger partial charge is 0.351 e. The molecule has 0 aromatic heterocycles. The summed E-state index contributed by atoms with van der Waals surface area (Å²) in [5.41, 5.74) is 2.33. The molecular formula is C24H23N5O5. The maximum absolute atomic E-state index is 12.8. The van der Waals surface area contributed by atoms with Gasteiger partial charge in [-0.25, -0.2) is 4.79 Å². The molecule has 4 N–H and O–H groups in total. The number of piperidine rings is 1. The molecule has 2 aliphatic heterocycles. The monoisotopic (exact) mass is 461 g/mol. The molecule has 1 unspecified atom stereocenters. The van der Waals surface area contributed by atoms with Gasteiger partial charge in [0.1, 0.15) is 11.7 Å². The van der Waals surface area contributed by atoms with Crippen molar-refractivity contribution in [1.82, 2.24) is 20.9 Å². The molecule has 34 heavy (non-hydrogen) atoms. The second-order valence-corrected chi connectivity index (χ2v) is 7.89. The van der Waals surface area contributed by atoms with E-state index in [1.807, 2.05) is 36.4 Å². The number of nitrogens with one attached hydrogen (secondary N) is 4. The Labute approximate surface area is 195 Å². The summed E-state index contributed by atoms with van der Waals surface area (Å²) in [6.07, 6.45) is 1.29. The molecule has 1 saturated heterocycles. The minimum absolute atomic E-state index is 0.0282. The zero-order chi connectivity index (χ0) is 24.1. The van der Waals surface area contributed by atoms with Crippen molar-refractivity contribution < 1.29 is 24.0 Å². The molecule has 1 fully saturated rings. The Bertz CT molecular complexity index is 1180. The molecule has 6 amide bonds. The number of hydrogen-bond donors (Lipinski definition) is 4. The molecule has 174 valence electrons. The van der Waals surface area contributed by atoms with Gasteiger partial charge in [0.15, 0.2) is 0 Å². The van der Waals surface area contributed by atoms with Crippen LogP contribution in [0.1, 0.15) is 24.0 Å². The highest BCUT2D eigenvalue weighted by molar-refractivity contribution is 6.20. The number of hydrogen-bond acceptors (Lipinski definition) is 6. The van der Waals surface area contributed by atoms with Gasteiger partial charge in [-0.15, -0.1) is 0 Å². The third kappa shape index (κ3) is 5.29. The van der Waals surface area contributed by atoms with Crippen LogP contribution < -0.4 is 21.3 Å². The minimum atomic E-state index is -1.02. The summed E-state index contributed by atoms with van der Waals surface area (Å²) in [5.74, 6) is -2.34. The zero-order valence-electron chi connectivity index (χ0n) is 18.2. The Hall–Kier alpha value is -4.47. The van der Waals surface area contributed by atoms with Crippen molar-refractivity contribution in [1.29, 1.82) is 0 Å². The van der Waals surface area contributed by atoms with E-state index in [2.05, 4.69) is 21.3 Å². The maximum Gasteiger partial charge on any atom is 0.315 e. The van der Waals surface area contributed by atoms with Crippen molar-refractivity contribution in [2.45, 2.75) is 32.0 Å². The predicted molar refractivity (Wildman–Crippen MR) is 122 cm³/mol. The van der Waals surface area contributed by atoms with E-state index in [-0.39, 0.29) is 31.1 Å². The molecule has 2 aromatic carbocycles. The van der Waals surface area contributed by atoms with Crippen LogP contribution in [0.2, 0.25) is 0 Å². The van der Waals surface area contributed by atoms with Crippen LogP contribution >= 0.6 is 0 Å². The topological polar surface area (TPSA) is 137 Å². The summed E-state index contributed by atoms with van der Waals surface area (Å²) in [4.78, 5) is 61.6. The van der Waals surface area contributed by atoms with Crippen molar-refractivity contribution in [3.05, 3.63) is 77.5 Å². The van der Waals surface area contributed by atoms with Crippen LogP contribution in [-0.4, -0.2) is 40.6 Å². The summed E-state index contributed by atoms with van der Waals surface area (Å²) in [6.45, 7) is 0.659. The van der Waals surface area contributed by atoms with Gasteiger partial charge in [0.2, 0.25) is 11.8 Å². The van der Waals surface area contributed by atoms with E-state index in [9.17, 15) is 24.0 Å².